The number of ether oxygens (including phenoxy) is 2. The van der Waals surface area contributed by atoms with Crippen molar-refractivity contribution in [3.63, 3.8) is 0 Å². The highest BCUT2D eigenvalue weighted by Gasteiger charge is 2.04. The predicted molar refractivity (Wildman–Crippen MR) is 95.1 cm³/mol. The maximum atomic E-state index is 5.92. The van der Waals surface area contributed by atoms with E-state index in [-0.39, 0.29) is 0 Å². The SMILES string of the molecule is COCCOc1ncccc1CN=C(N)NCCc1ccccc1. The number of guanidine groups is 1. The van der Waals surface area contributed by atoms with E-state index >= 15 is 0 Å². The van der Waals surface area contributed by atoms with Crippen LogP contribution in [0.15, 0.2) is 53.7 Å². The van der Waals surface area contributed by atoms with E-state index in [2.05, 4.69) is 27.4 Å². The second-order valence-corrected chi connectivity index (χ2v) is 5.17. The van der Waals surface area contributed by atoms with E-state index in [0.29, 0.717) is 31.6 Å². The number of nitrogens with zero attached hydrogens (tertiary/aromatic N) is 2. The standard InChI is InChI=1S/C18H24N4O2/c1-23-12-13-24-17-16(8-5-10-20-17)14-22-18(19)21-11-9-15-6-3-2-4-7-15/h2-8,10H,9,11-14H2,1H3,(H3,19,21,22). The van der Waals surface area contributed by atoms with Gasteiger partial charge in [-0.1, -0.05) is 36.4 Å². The molecule has 0 amide bonds. The number of nitrogens with one attached hydrogen (secondary N) is 1. The molecule has 0 radical (unpaired) electrons. The highest BCUT2D eigenvalue weighted by Crippen LogP contribution is 2.15. The predicted octanol–water partition coefficient (Wildman–Crippen LogP) is 1.75. The van der Waals surface area contributed by atoms with Crippen LogP contribution in [0.4, 0.5) is 0 Å². The third-order valence-electron chi connectivity index (χ3n) is 3.36. The van der Waals surface area contributed by atoms with E-state index in [1.807, 2.05) is 30.3 Å². The molecule has 0 aliphatic carbocycles. The molecule has 128 valence electrons. The first-order valence-electron chi connectivity index (χ1n) is 7.93. The quantitative estimate of drug-likeness (QED) is 0.416. The van der Waals surface area contributed by atoms with Gasteiger partial charge in [0.25, 0.3) is 0 Å². The Kier molecular flexibility index (Phi) is 7.56. The van der Waals surface area contributed by atoms with Crippen molar-refractivity contribution in [2.24, 2.45) is 10.7 Å². The van der Waals surface area contributed by atoms with Crippen LogP contribution in [0, 0.1) is 0 Å². The zero-order valence-corrected chi connectivity index (χ0v) is 13.9. The Labute approximate surface area is 142 Å². The van der Waals surface area contributed by atoms with Crippen molar-refractivity contribution < 1.29 is 9.47 Å². The van der Waals surface area contributed by atoms with Crippen LogP contribution in [0.2, 0.25) is 0 Å². The van der Waals surface area contributed by atoms with Gasteiger partial charge in [-0.05, 0) is 18.1 Å². The molecule has 1 aromatic heterocycles. The van der Waals surface area contributed by atoms with Crippen LogP contribution >= 0.6 is 0 Å². The summed E-state index contributed by atoms with van der Waals surface area (Å²) in [5.74, 6) is 0.980. The second-order valence-electron chi connectivity index (χ2n) is 5.17. The zero-order valence-electron chi connectivity index (χ0n) is 13.9. The largest absolute Gasteiger partial charge is 0.475 e. The second kappa shape index (κ2) is 10.2. The first kappa shape index (κ1) is 17.7. The van der Waals surface area contributed by atoms with Gasteiger partial charge < -0.3 is 20.5 Å². The molecule has 0 aliphatic heterocycles. The van der Waals surface area contributed by atoms with Gasteiger partial charge in [0.1, 0.15) is 6.61 Å². The minimum atomic E-state index is 0.414. The number of hydrogen-bond donors (Lipinski definition) is 2. The van der Waals surface area contributed by atoms with Gasteiger partial charge in [-0.25, -0.2) is 9.98 Å². The molecule has 0 saturated carbocycles. The summed E-state index contributed by atoms with van der Waals surface area (Å²) in [7, 11) is 1.63. The fourth-order valence-corrected chi connectivity index (χ4v) is 2.10. The molecule has 24 heavy (non-hydrogen) atoms. The number of pyridine rings is 1. The van der Waals surface area contributed by atoms with E-state index < -0.39 is 0 Å². The van der Waals surface area contributed by atoms with Gasteiger partial charge >= 0.3 is 0 Å². The van der Waals surface area contributed by atoms with Crippen molar-refractivity contribution in [1.29, 1.82) is 0 Å². The Hall–Kier alpha value is -2.60. The fourth-order valence-electron chi connectivity index (χ4n) is 2.10. The molecule has 6 nitrogen and oxygen atoms in total. The molecule has 2 aromatic rings. The number of methoxy groups -OCH3 is 1. The Morgan fingerprint density at radius 2 is 2.00 bits per heavy atom. The molecule has 0 saturated heterocycles. The Balaban J connectivity index is 1.81. The van der Waals surface area contributed by atoms with Crippen LogP contribution in [-0.2, 0) is 17.7 Å². The molecule has 0 fully saturated rings. The van der Waals surface area contributed by atoms with E-state index in [4.69, 9.17) is 15.2 Å². The summed E-state index contributed by atoms with van der Waals surface area (Å²) < 4.78 is 10.6. The lowest BCUT2D eigenvalue weighted by Crippen LogP contribution is -2.33. The molecule has 1 heterocycles. The first-order chi connectivity index (χ1) is 11.8. The van der Waals surface area contributed by atoms with Crippen LogP contribution in [-0.4, -0.2) is 37.8 Å². The van der Waals surface area contributed by atoms with Gasteiger partial charge in [-0.3, -0.25) is 0 Å². The van der Waals surface area contributed by atoms with E-state index in [1.165, 1.54) is 5.56 Å². The number of aromatic nitrogens is 1. The molecule has 3 N–H and O–H groups in total. The maximum absolute atomic E-state index is 5.92. The lowest BCUT2D eigenvalue weighted by atomic mass is 10.1. The highest BCUT2D eigenvalue weighted by atomic mass is 16.5. The lowest BCUT2D eigenvalue weighted by Gasteiger charge is -2.09. The van der Waals surface area contributed by atoms with Crippen molar-refractivity contribution in [1.82, 2.24) is 10.3 Å². The van der Waals surface area contributed by atoms with Crippen LogP contribution in [0.1, 0.15) is 11.1 Å². The van der Waals surface area contributed by atoms with Crippen LogP contribution < -0.4 is 15.8 Å². The minimum absolute atomic E-state index is 0.414. The van der Waals surface area contributed by atoms with E-state index in [1.54, 1.807) is 13.3 Å². The van der Waals surface area contributed by atoms with Gasteiger partial charge in [0, 0.05) is 25.4 Å². The molecule has 0 spiro atoms. The van der Waals surface area contributed by atoms with Crippen LogP contribution in [0.25, 0.3) is 0 Å². The molecule has 0 atom stereocenters. The van der Waals surface area contributed by atoms with Crippen molar-refractivity contribution >= 4 is 5.96 Å². The average Bonchev–Trinajstić information content (AvgIpc) is 2.62. The summed E-state index contributed by atoms with van der Waals surface area (Å²) in [6.45, 7) is 2.13. The number of nitrogens with two attached hydrogens (primary N) is 1. The summed E-state index contributed by atoms with van der Waals surface area (Å²) in [6.07, 6.45) is 2.59. The molecule has 0 bridgehead atoms. The van der Waals surface area contributed by atoms with E-state index in [9.17, 15) is 0 Å². The number of aliphatic imine (C=N–C) groups is 1. The van der Waals surface area contributed by atoms with Crippen molar-refractivity contribution in [3.05, 3.63) is 59.8 Å². The van der Waals surface area contributed by atoms with Crippen molar-refractivity contribution in [2.75, 3.05) is 26.9 Å². The zero-order chi connectivity index (χ0) is 17.0. The van der Waals surface area contributed by atoms with E-state index in [0.717, 1.165) is 18.5 Å². The third kappa shape index (κ3) is 6.26. The fraction of sp³-hybridized carbons (Fsp3) is 0.333. The summed E-state index contributed by atoms with van der Waals surface area (Å²) in [4.78, 5) is 8.57. The Morgan fingerprint density at radius 1 is 1.17 bits per heavy atom. The van der Waals surface area contributed by atoms with Crippen LogP contribution in [0.5, 0.6) is 5.88 Å². The molecule has 2 rings (SSSR count). The minimum Gasteiger partial charge on any atom is -0.475 e. The Morgan fingerprint density at radius 3 is 2.79 bits per heavy atom. The van der Waals surface area contributed by atoms with Crippen LogP contribution in [0.3, 0.4) is 0 Å². The smallest absolute Gasteiger partial charge is 0.218 e. The summed E-state index contributed by atoms with van der Waals surface area (Å²) in [6, 6.07) is 14.0. The summed E-state index contributed by atoms with van der Waals surface area (Å²) in [5.41, 5.74) is 8.07. The van der Waals surface area contributed by atoms with Crippen molar-refractivity contribution in [3.8, 4) is 5.88 Å². The molecular weight excluding hydrogens is 304 g/mol. The summed E-state index contributed by atoms with van der Waals surface area (Å²) >= 11 is 0. The number of benzene rings is 1. The van der Waals surface area contributed by atoms with Gasteiger partial charge in [-0.15, -0.1) is 0 Å². The first-order valence-corrected chi connectivity index (χ1v) is 7.93. The van der Waals surface area contributed by atoms with Crippen molar-refractivity contribution in [2.45, 2.75) is 13.0 Å². The van der Waals surface area contributed by atoms with Gasteiger partial charge in [0.2, 0.25) is 5.88 Å². The maximum Gasteiger partial charge on any atom is 0.218 e. The Bertz CT molecular complexity index is 632. The lowest BCUT2D eigenvalue weighted by molar-refractivity contribution is 0.143. The van der Waals surface area contributed by atoms with Gasteiger partial charge in [0.05, 0.1) is 13.2 Å². The normalized spacial score (nSPS) is 11.3. The highest BCUT2D eigenvalue weighted by molar-refractivity contribution is 5.77. The molecule has 0 aliphatic rings. The summed E-state index contributed by atoms with van der Waals surface area (Å²) in [5, 5.41) is 3.12. The third-order valence-corrected chi connectivity index (χ3v) is 3.36. The molecule has 6 heteroatoms. The van der Waals surface area contributed by atoms with Gasteiger partial charge in [0.15, 0.2) is 5.96 Å². The monoisotopic (exact) mass is 328 g/mol. The molecule has 0 unspecified atom stereocenters. The van der Waals surface area contributed by atoms with Gasteiger partial charge in [-0.2, -0.15) is 0 Å². The molecular formula is C18H24N4O2. The molecule has 1 aromatic carbocycles. The topological polar surface area (TPSA) is 81.8 Å². The number of hydrogen-bond acceptors (Lipinski definition) is 4. The number of rotatable bonds is 9. The average molecular weight is 328 g/mol.